The van der Waals surface area contributed by atoms with Gasteiger partial charge in [0.15, 0.2) is 22.4 Å². The lowest BCUT2D eigenvalue weighted by atomic mass is 9.69. The molecule has 4 bridgehead atoms. The number of benzene rings is 1. The van der Waals surface area contributed by atoms with Gasteiger partial charge in [0.05, 0.1) is 12.2 Å². The van der Waals surface area contributed by atoms with E-state index in [9.17, 15) is 13.2 Å². The highest BCUT2D eigenvalue weighted by Gasteiger charge is 2.54. The zero-order valence-corrected chi connectivity index (χ0v) is 30.0. The number of hydrogen-bond donors (Lipinski definition) is 2. The van der Waals surface area contributed by atoms with E-state index in [2.05, 4.69) is 38.9 Å². The van der Waals surface area contributed by atoms with Crippen LogP contribution in [0.1, 0.15) is 81.1 Å². The quantitative estimate of drug-likeness (QED) is 0.219. The SMILES string of the molecule is CC1(C)C[C@@H]2CCCNc3nc(ccc3OCc3ccccc3)S(=O)(=O)NC(=O)c3ccc(-n4ccc(OCCC5CCC56CC6)n4)nc3N1C2. The fourth-order valence-corrected chi connectivity index (χ4v) is 9.05. The number of pyridine rings is 2. The van der Waals surface area contributed by atoms with Gasteiger partial charge in [0.2, 0.25) is 5.88 Å². The molecule has 51 heavy (non-hydrogen) atoms. The second-order valence-corrected chi connectivity index (χ2v) is 16.8. The topological polar surface area (TPSA) is 141 Å². The maximum Gasteiger partial charge on any atom is 0.281 e. The smallest absolute Gasteiger partial charge is 0.281 e. The monoisotopic (exact) mass is 711 g/mol. The first kappa shape index (κ1) is 33.5. The van der Waals surface area contributed by atoms with Gasteiger partial charge in [-0.3, -0.25) is 4.79 Å². The van der Waals surface area contributed by atoms with Crippen molar-refractivity contribution in [1.29, 1.82) is 0 Å². The molecule has 0 radical (unpaired) electrons. The number of carbonyl (C=O) groups is 1. The van der Waals surface area contributed by atoms with Crippen LogP contribution in [0.5, 0.6) is 11.6 Å². The largest absolute Gasteiger partial charge is 0.485 e. The Bertz CT molecular complexity index is 2030. The van der Waals surface area contributed by atoms with Crippen LogP contribution in [0.4, 0.5) is 11.6 Å². The number of amides is 1. The van der Waals surface area contributed by atoms with Gasteiger partial charge in [-0.15, -0.1) is 5.10 Å². The van der Waals surface area contributed by atoms with Crippen LogP contribution in [0, 0.1) is 17.3 Å². The Morgan fingerprint density at radius 2 is 1.80 bits per heavy atom. The number of aromatic nitrogens is 4. The Labute approximate surface area is 299 Å². The zero-order chi connectivity index (χ0) is 35.2. The molecule has 2 aliphatic heterocycles. The Morgan fingerprint density at radius 3 is 2.59 bits per heavy atom. The van der Waals surface area contributed by atoms with E-state index >= 15 is 0 Å². The molecule has 2 aliphatic carbocycles. The number of sulfonamides is 1. The number of nitrogens with zero attached hydrogens (tertiary/aromatic N) is 5. The minimum Gasteiger partial charge on any atom is -0.485 e. The standard InChI is InChI=1S/C38H45N7O5S/c1-37(2)23-27-9-6-20-39-34-30(50-25-26-7-4-3-5-8-26)11-13-33(41-34)51(47,48)43-36(46)29-10-12-31(40-35(29)44(37)24-27)45-21-15-32(42-45)49-22-16-28-14-17-38(28)18-19-38/h3-5,7-8,10-13,15,21,27-28H,6,9,14,16-20,22-25H2,1-2H3,(H,39,41)(H,43,46)/t27-,28?/m0/s1. The summed E-state index contributed by atoms with van der Waals surface area (Å²) in [5, 5.41) is 7.65. The molecule has 3 fully saturated rings. The van der Waals surface area contributed by atoms with E-state index in [1.165, 1.54) is 31.7 Å². The molecule has 4 aliphatic rings. The number of fused-ring (bicyclic) bond motifs is 6. The maximum atomic E-state index is 13.9. The van der Waals surface area contributed by atoms with Gasteiger partial charge in [-0.05, 0) is 112 Å². The van der Waals surface area contributed by atoms with Crippen molar-refractivity contribution in [2.45, 2.75) is 82.4 Å². The highest BCUT2D eigenvalue weighted by molar-refractivity contribution is 7.90. The third-order valence-corrected chi connectivity index (χ3v) is 12.5. The molecule has 2 N–H and O–H groups in total. The molecule has 13 heteroatoms. The lowest BCUT2D eigenvalue weighted by molar-refractivity contribution is 0.0981. The summed E-state index contributed by atoms with van der Waals surface area (Å²) in [5.41, 5.74) is 1.41. The molecule has 1 spiro atoms. The Kier molecular flexibility index (Phi) is 8.64. The molecule has 2 saturated carbocycles. The minimum atomic E-state index is -4.36. The lowest BCUT2D eigenvalue weighted by Gasteiger charge is -2.37. The molecular formula is C38H45N7O5S. The molecule has 1 amide bonds. The fraction of sp³-hybridized carbons (Fsp3) is 0.474. The van der Waals surface area contributed by atoms with E-state index in [0.29, 0.717) is 66.7 Å². The van der Waals surface area contributed by atoms with Gasteiger partial charge in [-0.2, -0.15) is 8.42 Å². The van der Waals surface area contributed by atoms with E-state index in [-0.39, 0.29) is 16.1 Å². The summed E-state index contributed by atoms with van der Waals surface area (Å²) in [6.07, 6.45) is 10.9. The molecule has 4 aromatic rings. The minimum absolute atomic E-state index is 0.158. The Morgan fingerprint density at radius 1 is 0.961 bits per heavy atom. The molecule has 1 unspecified atom stereocenters. The zero-order valence-electron chi connectivity index (χ0n) is 29.2. The first-order valence-electron chi connectivity index (χ1n) is 18.0. The molecule has 8 rings (SSSR count). The first-order chi connectivity index (χ1) is 24.6. The molecule has 12 nitrogen and oxygen atoms in total. The Balaban J connectivity index is 1.06. The molecule has 1 saturated heterocycles. The maximum absolute atomic E-state index is 13.9. The van der Waals surface area contributed by atoms with Crippen LogP contribution in [-0.2, 0) is 16.6 Å². The van der Waals surface area contributed by atoms with Crippen molar-refractivity contribution < 1.29 is 22.7 Å². The average Bonchev–Trinajstić information content (AvgIpc) is 3.73. The number of hydrogen-bond acceptors (Lipinski definition) is 10. The van der Waals surface area contributed by atoms with Crippen LogP contribution in [0.2, 0.25) is 0 Å². The van der Waals surface area contributed by atoms with Crippen LogP contribution in [0.25, 0.3) is 5.82 Å². The second-order valence-electron chi connectivity index (χ2n) is 15.1. The number of ether oxygens (including phenoxy) is 2. The van der Waals surface area contributed by atoms with Crippen molar-refractivity contribution in [2.75, 3.05) is 29.9 Å². The summed E-state index contributed by atoms with van der Waals surface area (Å²) in [7, 11) is -4.36. The van der Waals surface area contributed by atoms with Crippen molar-refractivity contribution in [3.05, 3.63) is 78.0 Å². The van der Waals surface area contributed by atoms with Gasteiger partial charge in [-0.1, -0.05) is 30.3 Å². The highest BCUT2D eigenvalue weighted by Crippen LogP contribution is 2.65. The molecule has 1 aromatic carbocycles. The predicted octanol–water partition coefficient (Wildman–Crippen LogP) is 6.13. The summed E-state index contributed by atoms with van der Waals surface area (Å²) in [6.45, 7) is 6.46. The van der Waals surface area contributed by atoms with Gasteiger partial charge in [-0.25, -0.2) is 19.4 Å². The van der Waals surface area contributed by atoms with E-state index in [4.69, 9.17) is 14.5 Å². The Hall–Kier alpha value is -4.65. The number of carbonyl (C=O) groups excluding carboxylic acids is 1. The van der Waals surface area contributed by atoms with Gasteiger partial charge in [0.1, 0.15) is 12.4 Å². The van der Waals surface area contributed by atoms with Gasteiger partial charge < -0.3 is 19.7 Å². The summed E-state index contributed by atoms with van der Waals surface area (Å²) in [5.74, 6) is 2.51. The van der Waals surface area contributed by atoms with Crippen LogP contribution in [0.15, 0.2) is 71.9 Å². The van der Waals surface area contributed by atoms with E-state index in [0.717, 1.165) is 37.2 Å². The average molecular weight is 712 g/mol. The highest BCUT2D eigenvalue weighted by atomic mass is 32.2. The van der Waals surface area contributed by atoms with Crippen LogP contribution in [0.3, 0.4) is 0 Å². The number of rotatable bonds is 8. The van der Waals surface area contributed by atoms with Crippen LogP contribution >= 0.6 is 0 Å². The van der Waals surface area contributed by atoms with Gasteiger partial charge in [0, 0.05) is 30.9 Å². The summed E-state index contributed by atoms with van der Waals surface area (Å²) in [6, 6.07) is 17.8. The van der Waals surface area contributed by atoms with Crippen molar-refractivity contribution in [3.63, 3.8) is 0 Å². The van der Waals surface area contributed by atoms with Crippen LogP contribution < -0.4 is 24.4 Å². The molecular weight excluding hydrogens is 667 g/mol. The lowest BCUT2D eigenvalue weighted by Crippen LogP contribution is -2.41. The van der Waals surface area contributed by atoms with Gasteiger partial charge >= 0.3 is 0 Å². The second kappa shape index (κ2) is 13.2. The van der Waals surface area contributed by atoms with Crippen LogP contribution in [-0.4, -0.2) is 59.3 Å². The number of nitrogens with one attached hydrogen (secondary N) is 2. The molecule has 5 heterocycles. The number of anilines is 2. The first-order valence-corrected chi connectivity index (χ1v) is 19.5. The third kappa shape index (κ3) is 6.87. The van der Waals surface area contributed by atoms with Crippen molar-refractivity contribution in [1.82, 2.24) is 24.5 Å². The molecule has 268 valence electrons. The van der Waals surface area contributed by atoms with Gasteiger partial charge in [0.25, 0.3) is 15.9 Å². The van der Waals surface area contributed by atoms with E-state index in [1.807, 2.05) is 36.4 Å². The van der Waals surface area contributed by atoms with E-state index < -0.39 is 15.9 Å². The van der Waals surface area contributed by atoms with Crippen molar-refractivity contribution in [3.8, 4) is 17.4 Å². The van der Waals surface area contributed by atoms with E-state index in [1.54, 1.807) is 29.1 Å². The summed E-state index contributed by atoms with van der Waals surface area (Å²) in [4.78, 5) is 25.4. The summed E-state index contributed by atoms with van der Waals surface area (Å²) >= 11 is 0. The third-order valence-electron chi connectivity index (χ3n) is 11.2. The van der Waals surface area contributed by atoms with Crippen molar-refractivity contribution >= 4 is 27.6 Å². The fourth-order valence-electron chi connectivity index (χ4n) is 8.13. The normalized spacial score (nSPS) is 22.8. The predicted molar refractivity (Wildman–Crippen MR) is 193 cm³/mol. The molecule has 3 aromatic heterocycles. The van der Waals surface area contributed by atoms with Crippen molar-refractivity contribution in [2.24, 2.45) is 17.3 Å². The summed E-state index contributed by atoms with van der Waals surface area (Å²) < 4.78 is 43.3. The molecule has 2 atom stereocenters.